The number of aromatic nitrogens is 6. The third kappa shape index (κ3) is 7.45. The van der Waals surface area contributed by atoms with Crippen molar-refractivity contribution in [2.24, 2.45) is 0 Å². The number of aryl methyl sites for hydroxylation is 1. The van der Waals surface area contributed by atoms with Crippen LogP contribution in [0.3, 0.4) is 0 Å². The van der Waals surface area contributed by atoms with E-state index in [1.807, 2.05) is 27.2 Å². The van der Waals surface area contributed by atoms with Crippen molar-refractivity contribution in [3.8, 4) is 0 Å². The maximum Gasteiger partial charge on any atom is 0.353 e. The summed E-state index contributed by atoms with van der Waals surface area (Å²) in [6, 6.07) is 0. The summed E-state index contributed by atoms with van der Waals surface area (Å²) in [5.41, 5.74) is -1.43. The first-order chi connectivity index (χ1) is 14.3. The van der Waals surface area contributed by atoms with Crippen LogP contribution in [0.2, 0.25) is 0 Å². The lowest BCUT2D eigenvalue weighted by Gasteiger charge is -2.10. The second kappa shape index (κ2) is 15.6. The van der Waals surface area contributed by atoms with Crippen LogP contribution in [0.4, 0.5) is 0 Å². The van der Waals surface area contributed by atoms with E-state index < -0.39 is 11.4 Å². The van der Waals surface area contributed by atoms with Gasteiger partial charge in [0, 0.05) is 19.5 Å². The Morgan fingerprint density at radius 1 is 0.812 bits per heavy atom. The Kier molecular flexibility index (Phi) is 15.6. The van der Waals surface area contributed by atoms with E-state index in [2.05, 4.69) is 9.97 Å². The SMILES string of the molecule is C.C.CC=Cc1nc(=O)n(CC)c(=O)n1PC.CCCc1nc(=O)n(CC)c(=O)n1PC. The summed E-state index contributed by atoms with van der Waals surface area (Å²) in [5.74, 6) is 1.04. The monoisotopic (exact) mass is 488 g/mol. The Morgan fingerprint density at radius 2 is 1.28 bits per heavy atom. The summed E-state index contributed by atoms with van der Waals surface area (Å²) in [7, 11) is 0.579. The quantitative estimate of drug-likeness (QED) is 0.553. The van der Waals surface area contributed by atoms with Gasteiger partial charge in [0.15, 0.2) is 0 Å². The first-order valence-electron chi connectivity index (χ1n) is 9.75. The van der Waals surface area contributed by atoms with Crippen LogP contribution in [0.5, 0.6) is 0 Å². The van der Waals surface area contributed by atoms with Gasteiger partial charge in [-0.1, -0.05) is 27.9 Å². The van der Waals surface area contributed by atoms with Crippen LogP contribution in [0.15, 0.2) is 25.3 Å². The summed E-state index contributed by atoms with van der Waals surface area (Å²) in [5, 5.41) is 0. The summed E-state index contributed by atoms with van der Waals surface area (Å²) in [6.45, 7) is 11.9. The van der Waals surface area contributed by atoms with E-state index in [0.717, 1.165) is 15.6 Å². The van der Waals surface area contributed by atoms with Crippen LogP contribution in [0, 0.1) is 0 Å². The molecule has 0 bridgehead atoms. The summed E-state index contributed by atoms with van der Waals surface area (Å²) in [6.07, 6.45) is 4.98. The molecule has 0 spiro atoms. The van der Waals surface area contributed by atoms with Crippen LogP contribution >= 0.6 is 17.5 Å². The van der Waals surface area contributed by atoms with Gasteiger partial charge in [-0.3, -0.25) is 8.68 Å². The van der Waals surface area contributed by atoms with E-state index in [0.29, 0.717) is 39.9 Å². The van der Waals surface area contributed by atoms with Gasteiger partial charge in [0.25, 0.3) is 0 Å². The van der Waals surface area contributed by atoms with Gasteiger partial charge in [-0.15, -0.1) is 0 Å². The molecule has 0 saturated heterocycles. The van der Waals surface area contributed by atoms with Crippen LogP contribution in [0.25, 0.3) is 6.08 Å². The minimum absolute atomic E-state index is 0. The van der Waals surface area contributed by atoms with E-state index in [9.17, 15) is 19.2 Å². The molecular formula is C20H38N6O4P2. The predicted molar refractivity (Wildman–Crippen MR) is 138 cm³/mol. The highest BCUT2D eigenvalue weighted by Crippen LogP contribution is 2.08. The largest absolute Gasteiger partial charge is 0.353 e. The zero-order valence-electron chi connectivity index (χ0n) is 18.3. The number of hydrogen-bond acceptors (Lipinski definition) is 6. The molecule has 0 amide bonds. The molecule has 0 aliphatic rings. The van der Waals surface area contributed by atoms with E-state index >= 15 is 0 Å². The van der Waals surface area contributed by atoms with Gasteiger partial charge in [0.1, 0.15) is 11.6 Å². The molecule has 10 nitrogen and oxygen atoms in total. The third-order valence-electron chi connectivity index (χ3n) is 4.10. The second-order valence-electron chi connectivity index (χ2n) is 5.98. The molecule has 2 rings (SSSR count). The lowest BCUT2D eigenvalue weighted by atomic mass is 10.3. The van der Waals surface area contributed by atoms with Crippen molar-refractivity contribution in [3.63, 3.8) is 0 Å². The lowest BCUT2D eigenvalue weighted by Crippen LogP contribution is -2.40. The first kappa shape index (κ1) is 32.0. The van der Waals surface area contributed by atoms with Crippen molar-refractivity contribution in [2.45, 2.75) is 68.5 Å². The number of rotatable bonds is 7. The maximum absolute atomic E-state index is 11.8. The zero-order valence-corrected chi connectivity index (χ0v) is 20.3. The molecule has 2 atom stereocenters. The summed E-state index contributed by atoms with van der Waals surface area (Å²) >= 11 is 0. The molecule has 2 aromatic rings. The fourth-order valence-electron chi connectivity index (χ4n) is 2.67. The Labute approximate surface area is 193 Å². The molecule has 0 N–H and O–H groups in total. The van der Waals surface area contributed by atoms with Crippen molar-refractivity contribution in [1.82, 2.24) is 27.8 Å². The van der Waals surface area contributed by atoms with Gasteiger partial charge in [-0.25, -0.2) is 28.3 Å². The maximum atomic E-state index is 11.8. The molecule has 2 unspecified atom stereocenters. The van der Waals surface area contributed by atoms with Crippen molar-refractivity contribution in [2.75, 3.05) is 13.3 Å². The van der Waals surface area contributed by atoms with E-state index in [1.54, 1.807) is 30.3 Å². The molecule has 0 fully saturated rings. The van der Waals surface area contributed by atoms with Crippen molar-refractivity contribution in [1.29, 1.82) is 0 Å². The molecule has 32 heavy (non-hydrogen) atoms. The average Bonchev–Trinajstić information content (AvgIpc) is 2.70. The Hall–Kier alpha value is -2.18. The molecule has 2 aromatic heterocycles. The molecule has 2 heterocycles. The molecule has 0 aromatic carbocycles. The topological polar surface area (TPSA) is 114 Å². The van der Waals surface area contributed by atoms with Gasteiger partial charge >= 0.3 is 22.8 Å². The Bertz CT molecular complexity index is 1120. The highest BCUT2D eigenvalue weighted by atomic mass is 31.1. The Balaban J connectivity index is 0. The normalized spacial score (nSPS) is 10.9. The molecule has 0 saturated carbocycles. The molecular weight excluding hydrogens is 450 g/mol. The van der Waals surface area contributed by atoms with Gasteiger partial charge in [-0.2, -0.15) is 9.97 Å². The molecule has 0 radical (unpaired) electrons. The third-order valence-corrected chi connectivity index (χ3v) is 5.86. The zero-order chi connectivity index (χ0) is 22.8. The molecule has 12 heteroatoms. The highest BCUT2D eigenvalue weighted by molar-refractivity contribution is 7.35. The van der Waals surface area contributed by atoms with Crippen molar-refractivity contribution in [3.05, 3.63) is 59.7 Å². The van der Waals surface area contributed by atoms with E-state index in [4.69, 9.17) is 0 Å². The van der Waals surface area contributed by atoms with Gasteiger partial charge in [-0.05, 0) is 64.1 Å². The predicted octanol–water partition coefficient (Wildman–Crippen LogP) is 2.25. The minimum atomic E-state index is -0.481. The number of allylic oxidation sites excluding steroid dienone is 1. The summed E-state index contributed by atoms with van der Waals surface area (Å²) < 4.78 is 5.39. The highest BCUT2D eigenvalue weighted by Gasteiger charge is 2.10. The second-order valence-corrected chi connectivity index (χ2v) is 7.77. The van der Waals surface area contributed by atoms with Crippen LogP contribution in [-0.4, -0.2) is 41.1 Å². The molecule has 182 valence electrons. The summed E-state index contributed by atoms with van der Waals surface area (Å²) in [4.78, 5) is 54.4. The van der Waals surface area contributed by atoms with E-state index in [-0.39, 0.29) is 35.0 Å². The number of hydrogen-bond donors (Lipinski definition) is 0. The fourth-order valence-corrected chi connectivity index (χ4v) is 4.07. The Morgan fingerprint density at radius 3 is 1.69 bits per heavy atom. The average molecular weight is 489 g/mol. The van der Waals surface area contributed by atoms with Gasteiger partial charge in [0.2, 0.25) is 0 Å². The number of nitrogens with zero attached hydrogens (tertiary/aromatic N) is 6. The van der Waals surface area contributed by atoms with Crippen LogP contribution in [-0.2, 0) is 19.5 Å². The molecule has 0 aliphatic heterocycles. The standard InChI is InChI=1S/C9H16N3O2P.C9H14N3O2P.2CH4/c2*1-4-6-7-10-8(13)11(5-2)9(14)12(7)15-3;;/h15H,4-6H2,1-3H3;4,6,15H,5H2,1-3H3;2*1H4. The smallest absolute Gasteiger partial charge is 0.263 e. The van der Waals surface area contributed by atoms with Crippen LogP contribution < -0.4 is 22.8 Å². The fraction of sp³-hybridized carbons (Fsp3) is 0.600. The van der Waals surface area contributed by atoms with Gasteiger partial charge < -0.3 is 0 Å². The lowest BCUT2D eigenvalue weighted by molar-refractivity contribution is 0.606. The van der Waals surface area contributed by atoms with Crippen LogP contribution in [0.1, 0.15) is 60.6 Å². The minimum Gasteiger partial charge on any atom is -0.263 e. The van der Waals surface area contributed by atoms with Gasteiger partial charge in [0.05, 0.1) is 0 Å². The first-order valence-corrected chi connectivity index (χ1v) is 12.6. The van der Waals surface area contributed by atoms with E-state index in [1.165, 1.54) is 4.34 Å². The van der Waals surface area contributed by atoms with Crippen molar-refractivity contribution < 1.29 is 0 Å². The van der Waals surface area contributed by atoms with Crippen molar-refractivity contribution >= 4 is 23.5 Å². The molecule has 0 aliphatic carbocycles.